The molecule has 1 amide bonds. The van der Waals surface area contributed by atoms with Crippen LogP contribution in [0.1, 0.15) is 40.9 Å². The number of carbonyl (C=O) groups is 1. The molecule has 1 aromatic heterocycles. The number of nitrogens with two attached hydrogens (primary N) is 1. The second kappa shape index (κ2) is 12.5. The minimum Gasteiger partial charge on any atom is -0.349 e. The Hall–Kier alpha value is -0.890. The maximum atomic E-state index is 12.3. The van der Waals surface area contributed by atoms with Crippen molar-refractivity contribution in [3.05, 3.63) is 50.9 Å². The van der Waals surface area contributed by atoms with E-state index in [2.05, 4.69) is 29.0 Å². The SMILES string of the molecule is CCN(CC)C(CNC(=O)c1csc(CN)n1)c1ccccc1Cl.Cl.Cl. The molecule has 2 rings (SSSR count). The van der Waals surface area contributed by atoms with Gasteiger partial charge in [-0.2, -0.15) is 0 Å². The van der Waals surface area contributed by atoms with Crippen LogP contribution in [0.3, 0.4) is 0 Å². The number of halogens is 3. The summed E-state index contributed by atoms with van der Waals surface area (Å²) in [4.78, 5) is 18.8. The van der Waals surface area contributed by atoms with Gasteiger partial charge in [0.2, 0.25) is 0 Å². The van der Waals surface area contributed by atoms with Crippen molar-refractivity contribution in [1.82, 2.24) is 15.2 Å². The molecule has 0 saturated heterocycles. The first-order chi connectivity index (χ1) is 11.6. The molecule has 1 unspecified atom stereocenters. The number of thiazole rings is 1. The third-order valence-electron chi connectivity index (χ3n) is 3.93. The average Bonchev–Trinajstić information content (AvgIpc) is 3.08. The van der Waals surface area contributed by atoms with Gasteiger partial charge in [0.15, 0.2) is 0 Å². The summed E-state index contributed by atoms with van der Waals surface area (Å²) in [6, 6.07) is 7.78. The van der Waals surface area contributed by atoms with Gasteiger partial charge >= 0.3 is 0 Å². The number of nitrogens with one attached hydrogen (secondary N) is 1. The molecule has 0 bridgehead atoms. The predicted octanol–water partition coefficient (Wildman–Crippen LogP) is 3.91. The summed E-state index contributed by atoms with van der Waals surface area (Å²) in [6.07, 6.45) is 0. The first kappa shape index (κ1) is 25.1. The summed E-state index contributed by atoms with van der Waals surface area (Å²) in [5.74, 6) is -0.185. The molecule has 26 heavy (non-hydrogen) atoms. The molecule has 0 aliphatic rings. The molecule has 0 saturated carbocycles. The predicted molar refractivity (Wildman–Crippen MR) is 114 cm³/mol. The van der Waals surface area contributed by atoms with E-state index in [0.717, 1.165) is 23.7 Å². The summed E-state index contributed by atoms with van der Waals surface area (Å²) < 4.78 is 0. The lowest BCUT2D eigenvalue weighted by atomic mass is 10.0. The van der Waals surface area contributed by atoms with Crippen molar-refractivity contribution in [2.45, 2.75) is 26.4 Å². The molecule has 1 heterocycles. The fourth-order valence-electron chi connectivity index (χ4n) is 2.63. The van der Waals surface area contributed by atoms with Gasteiger partial charge in [-0.15, -0.1) is 36.2 Å². The minimum absolute atomic E-state index is 0. The highest BCUT2D eigenvalue weighted by Crippen LogP contribution is 2.27. The quantitative estimate of drug-likeness (QED) is 0.654. The number of carbonyl (C=O) groups excluding carboxylic acids is 1. The lowest BCUT2D eigenvalue weighted by Crippen LogP contribution is -2.38. The first-order valence-corrected chi connectivity index (χ1v) is 9.27. The van der Waals surface area contributed by atoms with Crippen LogP contribution in [0.5, 0.6) is 0 Å². The fourth-order valence-corrected chi connectivity index (χ4v) is 3.55. The Labute approximate surface area is 176 Å². The summed E-state index contributed by atoms with van der Waals surface area (Å²) in [7, 11) is 0. The number of aromatic nitrogens is 1. The number of hydrogen-bond donors (Lipinski definition) is 2. The Morgan fingerprint density at radius 3 is 2.50 bits per heavy atom. The maximum absolute atomic E-state index is 12.3. The Kier molecular flexibility index (Phi) is 12.1. The highest BCUT2D eigenvalue weighted by atomic mass is 35.5. The van der Waals surface area contributed by atoms with Crippen molar-refractivity contribution in [1.29, 1.82) is 0 Å². The third-order valence-corrected chi connectivity index (χ3v) is 5.15. The number of likely N-dealkylation sites (N-methyl/N-ethyl adjacent to an activating group) is 1. The summed E-state index contributed by atoms with van der Waals surface area (Å²) in [5, 5.41) is 6.18. The van der Waals surface area contributed by atoms with Gasteiger partial charge in [0.05, 0.1) is 6.04 Å². The van der Waals surface area contributed by atoms with Crippen LogP contribution < -0.4 is 11.1 Å². The summed E-state index contributed by atoms with van der Waals surface area (Å²) in [6.45, 7) is 6.76. The van der Waals surface area contributed by atoms with Crippen molar-refractivity contribution in [3.8, 4) is 0 Å². The van der Waals surface area contributed by atoms with Gasteiger partial charge in [0.25, 0.3) is 5.91 Å². The Bertz CT molecular complexity index is 680. The van der Waals surface area contributed by atoms with Gasteiger partial charge in [-0.1, -0.05) is 43.6 Å². The zero-order valence-corrected chi connectivity index (χ0v) is 18.0. The second-order valence-corrected chi connectivity index (χ2v) is 6.65. The molecule has 1 atom stereocenters. The minimum atomic E-state index is -0.185. The molecule has 0 aliphatic heterocycles. The highest BCUT2D eigenvalue weighted by Gasteiger charge is 2.21. The van der Waals surface area contributed by atoms with Crippen LogP contribution in [0.2, 0.25) is 5.02 Å². The number of rotatable bonds is 8. The van der Waals surface area contributed by atoms with Gasteiger partial charge in [-0.05, 0) is 24.7 Å². The zero-order chi connectivity index (χ0) is 17.5. The highest BCUT2D eigenvalue weighted by molar-refractivity contribution is 7.09. The van der Waals surface area contributed by atoms with E-state index in [1.165, 1.54) is 11.3 Å². The maximum Gasteiger partial charge on any atom is 0.270 e. The molecule has 0 aliphatic carbocycles. The number of hydrogen-bond acceptors (Lipinski definition) is 5. The molecule has 1 aromatic carbocycles. The number of benzene rings is 1. The van der Waals surface area contributed by atoms with Crippen LogP contribution in [0.25, 0.3) is 0 Å². The van der Waals surface area contributed by atoms with E-state index < -0.39 is 0 Å². The van der Waals surface area contributed by atoms with Crippen LogP contribution in [0, 0.1) is 0 Å². The summed E-state index contributed by atoms with van der Waals surface area (Å²) in [5.41, 5.74) is 6.98. The molecule has 3 N–H and O–H groups in total. The molecule has 0 spiro atoms. The van der Waals surface area contributed by atoms with Gasteiger partial charge in [0, 0.05) is 23.5 Å². The van der Waals surface area contributed by atoms with E-state index in [4.69, 9.17) is 17.3 Å². The van der Waals surface area contributed by atoms with Crippen LogP contribution in [-0.4, -0.2) is 35.4 Å². The largest absolute Gasteiger partial charge is 0.349 e. The van der Waals surface area contributed by atoms with E-state index in [9.17, 15) is 4.79 Å². The summed E-state index contributed by atoms with van der Waals surface area (Å²) >= 11 is 7.77. The van der Waals surface area contributed by atoms with Crippen LogP contribution in [0.15, 0.2) is 29.6 Å². The zero-order valence-electron chi connectivity index (χ0n) is 14.8. The van der Waals surface area contributed by atoms with E-state index >= 15 is 0 Å². The van der Waals surface area contributed by atoms with Gasteiger partial charge in [0.1, 0.15) is 10.7 Å². The molecule has 146 valence electrons. The Balaban J connectivity index is 0.00000312. The van der Waals surface area contributed by atoms with E-state index in [-0.39, 0.29) is 36.8 Å². The molecule has 5 nitrogen and oxygen atoms in total. The van der Waals surface area contributed by atoms with Crippen LogP contribution >= 0.6 is 47.8 Å². The Morgan fingerprint density at radius 1 is 1.31 bits per heavy atom. The van der Waals surface area contributed by atoms with Crippen molar-refractivity contribution in [2.75, 3.05) is 19.6 Å². The number of nitrogens with zero attached hydrogens (tertiary/aromatic N) is 2. The fraction of sp³-hybridized carbons (Fsp3) is 0.412. The molecule has 2 aromatic rings. The van der Waals surface area contributed by atoms with E-state index in [1.807, 2.05) is 24.3 Å². The van der Waals surface area contributed by atoms with Crippen LogP contribution in [0.4, 0.5) is 0 Å². The first-order valence-electron chi connectivity index (χ1n) is 8.01. The van der Waals surface area contributed by atoms with E-state index in [1.54, 1.807) is 5.38 Å². The van der Waals surface area contributed by atoms with E-state index in [0.29, 0.717) is 23.8 Å². The van der Waals surface area contributed by atoms with Crippen molar-refractivity contribution in [3.63, 3.8) is 0 Å². The molecule has 9 heteroatoms. The van der Waals surface area contributed by atoms with Crippen molar-refractivity contribution in [2.24, 2.45) is 5.73 Å². The van der Waals surface area contributed by atoms with Gasteiger partial charge in [-0.25, -0.2) is 4.98 Å². The standard InChI is InChI=1S/C17H23ClN4OS.2ClH/c1-3-22(4-2)15(12-7-5-6-8-13(12)18)10-20-17(23)14-11-24-16(9-19)21-14;;/h5-8,11,15H,3-4,9-10,19H2,1-2H3,(H,20,23);2*1H. The second-order valence-electron chi connectivity index (χ2n) is 5.30. The normalized spacial score (nSPS) is 11.4. The van der Waals surface area contributed by atoms with Crippen LogP contribution in [-0.2, 0) is 6.54 Å². The van der Waals surface area contributed by atoms with Crippen molar-refractivity contribution < 1.29 is 4.79 Å². The van der Waals surface area contributed by atoms with Gasteiger partial charge in [-0.3, -0.25) is 9.69 Å². The monoisotopic (exact) mass is 438 g/mol. The van der Waals surface area contributed by atoms with Gasteiger partial charge < -0.3 is 11.1 Å². The number of amides is 1. The topological polar surface area (TPSA) is 71.2 Å². The molecule has 0 radical (unpaired) electrons. The molecule has 0 fully saturated rings. The third kappa shape index (κ3) is 6.37. The molecular weight excluding hydrogens is 415 g/mol. The molecular formula is C17H25Cl3N4OS. The Morgan fingerprint density at radius 2 is 1.96 bits per heavy atom. The average molecular weight is 440 g/mol. The lowest BCUT2D eigenvalue weighted by Gasteiger charge is -2.30. The lowest BCUT2D eigenvalue weighted by molar-refractivity contribution is 0.0930. The smallest absolute Gasteiger partial charge is 0.270 e. The van der Waals surface area contributed by atoms with Crippen molar-refractivity contribution >= 4 is 53.7 Å².